The minimum atomic E-state index is 0.570. The van der Waals surface area contributed by atoms with E-state index in [1.165, 1.54) is 19.3 Å². The minimum absolute atomic E-state index is 0.570. The van der Waals surface area contributed by atoms with Crippen molar-refractivity contribution in [1.29, 1.82) is 0 Å². The number of aryl methyl sites for hydroxylation is 2. The Balaban J connectivity index is 1.80. The molecule has 1 aromatic rings. The SMILES string of the molecule is Cc1cccc(C)c1OCCN=C(N)N1CCCCC1. The average molecular weight is 275 g/mol. The largest absolute Gasteiger partial charge is 0.491 e. The molecule has 0 aromatic heterocycles. The molecule has 1 aliphatic rings. The van der Waals surface area contributed by atoms with Gasteiger partial charge in [-0.15, -0.1) is 0 Å². The van der Waals surface area contributed by atoms with Crippen molar-refractivity contribution in [2.75, 3.05) is 26.2 Å². The summed E-state index contributed by atoms with van der Waals surface area (Å²) in [6, 6.07) is 6.17. The molecule has 4 heteroatoms. The summed E-state index contributed by atoms with van der Waals surface area (Å²) in [6.45, 7) is 7.37. The van der Waals surface area contributed by atoms with E-state index in [1.807, 2.05) is 6.07 Å². The molecular weight excluding hydrogens is 250 g/mol. The predicted octanol–water partition coefficient (Wildman–Crippen LogP) is 2.48. The lowest BCUT2D eigenvalue weighted by atomic mass is 10.1. The number of hydrogen-bond acceptors (Lipinski definition) is 2. The Morgan fingerprint density at radius 2 is 1.85 bits per heavy atom. The van der Waals surface area contributed by atoms with Gasteiger partial charge in [-0.3, -0.25) is 0 Å². The molecule has 2 N–H and O–H groups in total. The number of aliphatic imine (C=N–C) groups is 1. The average Bonchev–Trinajstić information content (AvgIpc) is 2.46. The third kappa shape index (κ3) is 3.89. The van der Waals surface area contributed by atoms with Gasteiger partial charge in [0.25, 0.3) is 0 Å². The maximum Gasteiger partial charge on any atom is 0.191 e. The molecule has 0 amide bonds. The number of hydrogen-bond donors (Lipinski definition) is 1. The van der Waals surface area contributed by atoms with Gasteiger partial charge in [0.1, 0.15) is 12.4 Å². The van der Waals surface area contributed by atoms with Crippen molar-refractivity contribution >= 4 is 5.96 Å². The summed E-state index contributed by atoms with van der Waals surface area (Å²) in [7, 11) is 0. The highest BCUT2D eigenvalue weighted by Gasteiger charge is 2.11. The van der Waals surface area contributed by atoms with E-state index >= 15 is 0 Å². The lowest BCUT2D eigenvalue weighted by Gasteiger charge is -2.27. The van der Waals surface area contributed by atoms with Gasteiger partial charge in [0.05, 0.1) is 6.54 Å². The lowest BCUT2D eigenvalue weighted by Crippen LogP contribution is -2.41. The van der Waals surface area contributed by atoms with E-state index in [9.17, 15) is 0 Å². The van der Waals surface area contributed by atoms with E-state index in [2.05, 4.69) is 35.9 Å². The highest BCUT2D eigenvalue weighted by Crippen LogP contribution is 2.22. The van der Waals surface area contributed by atoms with E-state index in [0.29, 0.717) is 19.1 Å². The fourth-order valence-corrected chi connectivity index (χ4v) is 2.56. The summed E-state index contributed by atoms with van der Waals surface area (Å²) in [5.41, 5.74) is 8.34. The highest BCUT2D eigenvalue weighted by molar-refractivity contribution is 5.78. The van der Waals surface area contributed by atoms with E-state index in [1.54, 1.807) is 0 Å². The summed E-state index contributed by atoms with van der Waals surface area (Å²) in [4.78, 5) is 6.59. The molecule has 0 spiro atoms. The van der Waals surface area contributed by atoms with Gasteiger partial charge in [0, 0.05) is 13.1 Å². The minimum Gasteiger partial charge on any atom is -0.491 e. The molecule has 0 atom stereocenters. The molecule has 0 saturated carbocycles. The number of rotatable bonds is 4. The first-order chi connectivity index (χ1) is 9.68. The second kappa shape index (κ2) is 7.17. The van der Waals surface area contributed by atoms with Gasteiger partial charge >= 0.3 is 0 Å². The molecule has 4 nitrogen and oxygen atoms in total. The molecule has 0 bridgehead atoms. The third-order valence-electron chi connectivity index (χ3n) is 3.70. The van der Waals surface area contributed by atoms with Crippen molar-refractivity contribution < 1.29 is 4.74 Å². The number of ether oxygens (including phenoxy) is 1. The maximum absolute atomic E-state index is 6.01. The zero-order valence-corrected chi connectivity index (χ0v) is 12.6. The van der Waals surface area contributed by atoms with Crippen LogP contribution in [0.2, 0.25) is 0 Å². The van der Waals surface area contributed by atoms with Crippen LogP contribution in [0, 0.1) is 13.8 Å². The number of benzene rings is 1. The summed E-state index contributed by atoms with van der Waals surface area (Å²) in [6.07, 6.45) is 3.74. The molecule has 2 rings (SSSR count). The van der Waals surface area contributed by atoms with Crippen LogP contribution < -0.4 is 10.5 Å². The van der Waals surface area contributed by atoms with Crippen molar-refractivity contribution in [3.05, 3.63) is 29.3 Å². The molecular formula is C16H25N3O. The number of guanidine groups is 1. The Kier molecular flexibility index (Phi) is 5.27. The van der Waals surface area contributed by atoms with Crippen LogP contribution in [0.25, 0.3) is 0 Å². The monoisotopic (exact) mass is 275 g/mol. The summed E-state index contributed by atoms with van der Waals surface area (Å²) < 4.78 is 5.82. The van der Waals surface area contributed by atoms with E-state index in [-0.39, 0.29) is 0 Å². The Morgan fingerprint density at radius 3 is 2.50 bits per heavy atom. The van der Waals surface area contributed by atoms with Crippen molar-refractivity contribution in [2.45, 2.75) is 33.1 Å². The van der Waals surface area contributed by atoms with Crippen LogP contribution in [-0.2, 0) is 0 Å². The molecule has 20 heavy (non-hydrogen) atoms. The number of nitrogens with zero attached hydrogens (tertiary/aromatic N) is 2. The zero-order valence-electron chi connectivity index (χ0n) is 12.6. The van der Waals surface area contributed by atoms with Gasteiger partial charge < -0.3 is 15.4 Å². The molecule has 1 heterocycles. The molecule has 1 saturated heterocycles. The van der Waals surface area contributed by atoms with Crippen LogP contribution in [0.5, 0.6) is 5.75 Å². The molecule has 110 valence electrons. The molecule has 1 aliphatic heterocycles. The van der Waals surface area contributed by atoms with Gasteiger partial charge in [0.2, 0.25) is 0 Å². The highest BCUT2D eigenvalue weighted by atomic mass is 16.5. The molecule has 1 fully saturated rings. The zero-order chi connectivity index (χ0) is 14.4. The second-order valence-corrected chi connectivity index (χ2v) is 5.36. The Bertz CT molecular complexity index is 445. The Labute approximate surface area is 121 Å². The van der Waals surface area contributed by atoms with Crippen molar-refractivity contribution in [1.82, 2.24) is 4.90 Å². The van der Waals surface area contributed by atoms with Gasteiger partial charge in [-0.05, 0) is 44.2 Å². The van der Waals surface area contributed by atoms with Crippen LogP contribution in [0.15, 0.2) is 23.2 Å². The first-order valence-corrected chi connectivity index (χ1v) is 7.42. The van der Waals surface area contributed by atoms with Crippen LogP contribution >= 0.6 is 0 Å². The normalized spacial score (nSPS) is 16.3. The van der Waals surface area contributed by atoms with Crippen molar-refractivity contribution in [3.63, 3.8) is 0 Å². The maximum atomic E-state index is 6.01. The summed E-state index contributed by atoms with van der Waals surface area (Å²) in [5, 5.41) is 0. The topological polar surface area (TPSA) is 50.9 Å². The van der Waals surface area contributed by atoms with Crippen LogP contribution in [0.1, 0.15) is 30.4 Å². The molecule has 0 aliphatic carbocycles. The first kappa shape index (κ1) is 14.7. The van der Waals surface area contributed by atoms with Gasteiger partial charge in [-0.2, -0.15) is 0 Å². The molecule has 1 aromatic carbocycles. The number of nitrogens with two attached hydrogens (primary N) is 1. The predicted molar refractivity (Wildman–Crippen MR) is 83.3 cm³/mol. The van der Waals surface area contributed by atoms with E-state index < -0.39 is 0 Å². The quantitative estimate of drug-likeness (QED) is 0.522. The first-order valence-electron chi connectivity index (χ1n) is 7.42. The van der Waals surface area contributed by atoms with Crippen LogP contribution in [-0.4, -0.2) is 37.1 Å². The Morgan fingerprint density at radius 1 is 1.20 bits per heavy atom. The summed E-state index contributed by atoms with van der Waals surface area (Å²) >= 11 is 0. The van der Waals surface area contributed by atoms with Gasteiger partial charge in [-0.25, -0.2) is 4.99 Å². The van der Waals surface area contributed by atoms with Crippen molar-refractivity contribution in [3.8, 4) is 5.75 Å². The summed E-state index contributed by atoms with van der Waals surface area (Å²) in [5.74, 6) is 1.63. The van der Waals surface area contributed by atoms with Gasteiger partial charge in [0.15, 0.2) is 5.96 Å². The lowest BCUT2D eigenvalue weighted by molar-refractivity contribution is 0.318. The number of likely N-dealkylation sites (tertiary alicyclic amines) is 1. The number of piperidine rings is 1. The van der Waals surface area contributed by atoms with Gasteiger partial charge in [-0.1, -0.05) is 18.2 Å². The van der Waals surface area contributed by atoms with Crippen LogP contribution in [0.3, 0.4) is 0 Å². The molecule has 0 radical (unpaired) electrons. The van der Waals surface area contributed by atoms with E-state index in [4.69, 9.17) is 10.5 Å². The fourth-order valence-electron chi connectivity index (χ4n) is 2.56. The Hall–Kier alpha value is -1.71. The fraction of sp³-hybridized carbons (Fsp3) is 0.562. The number of para-hydroxylation sites is 1. The molecule has 0 unspecified atom stereocenters. The van der Waals surface area contributed by atoms with Crippen LogP contribution in [0.4, 0.5) is 0 Å². The second-order valence-electron chi connectivity index (χ2n) is 5.36. The smallest absolute Gasteiger partial charge is 0.191 e. The standard InChI is InChI=1S/C16H25N3O/c1-13-7-6-8-14(2)15(13)20-12-9-18-16(17)19-10-4-3-5-11-19/h6-8H,3-5,9-12H2,1-2H3,(H2,17,18). The third-order valence-corrected chi connectivity index (χ3v) is 3.70. The van der Waals surface area contributed by atoms with E-state index in [0.717, 1.165) is 30.0 Å². The van der Waals surface area contributed by atoms with Crippen molar-refractivity contribution in [2.24, 2.45) is 10.7 Å².